The van der Waals surface area contributed by atoms with Gasteiger partial charge in [-0.3, -0.25) is 4.79 Å². The summed E-state index contributed by atoms with van der Waals surface area (Å²) in [5, 5.41) is 3.37. The molecule has 0 heterocycles. The Morgan fingerprint density at radius 3 is 2.82 bits per heavy atom. The molecule has 0 saturated heterocycles. The number of hydrogen-bond donors (Lipinski definition) is 2. The van der Waals surface area contributed by atoms with Gasteiger partial charge in [0.25, 0.3) is 0 Å². The lowest BCUT2D eigenvalue weighted by molar-refractivity contribution is -0.116. The molecule has 1 aromatic rings. The van der Waals surface area contributed by atoms with Crippen molar-refractivity contribution in [2.45, 2.75) is 39.2 Å². The van der Waals surface area contributed by atoms with Gasteiger partial charge in [-0.1, -0.05) is 17.7 Å². The molecular weight excluding hydrogens is 236 g/mol. The minimum absolute atomic E-state index is 0.0172. The molecule has 0 aliphatic carbocycles. The highest BCUT2D eigenvalue weighted by atomic mass is 35.5. The number of rotatable bonds is 5. The van der Waals surface area contributed by atoms with Gasteiger partial charge in [0.2, 0.25) is 5.91 Å². The van der Waals surface area contributed by atoms with Crippen molar-refractivity contribution >= 4 is 23.2 Å². The minimum Gasteiger partial charge on any atom is -0.328 e. The number of amides is 1. The zero-order chi connectivity index (χ0) is 12.8. The van der Waals surface area contributed by atoms with Crippen LogP contribution in [0, 0.1) is 6.92 Å². The van der Waals surface area contributed by atoms with Crippen molar-refractivity contribution in [1.82, 2.24) is 0 Å². The van der Waals surface area contributed by atoms with Crippen molar-refractivity contribution in [1.29, 1.82) is 0 Å². The van der Waals surface area contributed by atoms with Crippen LogP contribution in [0.1, 0.15) is 31.7 Å². The molecule has 1 atom stereocenters. The van der Waals surface area contributed by atoms with Crippen LogP contribution >= 0.6 is 11.6 Å². The summed E-state index contributed by atoms with van der Waals surface area (Å²) >= 11 is 6.02. The van der Waals surface area contributed by atoms with Crippen molar-refractivity contribution in [3.05, 3.63) is 28.8 Å². The normalized spacial score (nSPS) is 12.2. The zero-order valence-electron chi connectivity index (χ0n) is 10.3. The summed E-state index contributed by atoms with van der Waals surface area (Å²) < 4.78 is 0. The SMILES string of the molecule is Cc1ccc(NC(=O)CCCC(C)N)c(Cl)c1. The van der Waals surface area contributed by atoms with E-state index in [-0.39, 0.29) is 11.9 Å². The van der Waals surface area contributed by atoms with Crippen LogP contribution in [0.4, 0.5) is 5.69 Å². The molecule has 0 aliphatic heterocycles. The Labute approximate surface area is 107 Å². The van der Waals surface area contributed by atoms with Gasteiger partial charge in [-0.15, -0.1) is 0 Å². The molecule has 4 heteroatoms. The van der Waals surface area contributed by atoms with E-state index in [4.69, 9.17) is 17.3 Å². The Bertz CT molecular complexity index is 391. The number of hydrogen-bond acceptors (Lipinski definition) is 2. The molecule has 0 saturated carbocycles. The van der Waals surface area contributed by atoms with Gasteiger partial charge in [0, 0.05) is 12.5 Å². The van der Waals surface area contributed by atoms with E-state index in [1.54, 1.807) is 0 Å². The number of halogens is 1. The van der Waals surface area contributed by atoms with E-state index in [1.807, 2.05) is 32.0 Å². The minimum atomic E-state index is -0.0172. The molecule has 0 spiro atoms. The van der Waals surface area contributed by atoms with E-state index in [0.717, 1.165) is 18.4 Å². The summed E-state index contributed by atoms with van der Waals surface area (Å²) in [5.41, 5.74) is 7.36. The topological polar surface area (TPSA) is 55.1 Å². The average molecular weight is 255 g/mol. The van der Waals surface area contributed by atoms with Gasteiger partial charge in [-0.2, -0.15) is 0 Å². The molecule has 1 amide bonds. The Morgan fingerprint density at radius 2 is 2.24 bits per heavy atom. The fraction of sp³-hybridized carbons (Fsp3) is 0.462. The van der Waals surface area contributed by atoms with Crippen LogP contribution in [0.5, 0.6) is 0 Å². The van der Waals surface area contributed by atoms with E-state index in [0.29, 0.717) is 17.1 Å². The molecule has 1 rings (SSSR count). The zero-order valence-corrected chi connectivity index (χ0v) is 11.1. The highest BCUT2D eigenvalue weighted by Crippen LogP contribution is 2.22. The number of benzene rings is 1. The highest BCUT2D eigenvalue weighted by Gasteiger charge is 2.06. The van der Waals surface area contributed by atoms with Gasteiger partial charge in [0.05, 0.1) is 10.7 Å². The van der Waals surface area contributed by atoms with Crippen LogP contribution in [0.25, 0.3) is 0 Å². The number of anilines is 1. The molecule has 0 aliphatic rings. The standard InChI is InChI=1S/C13H19ClN2O/c1-9-6-7-12(11(14)8-9)16-13(17)5-3-4-10(2)15/h6-8,10H,3-5,15H2,1-2H3,(H,16,17). The van der Waals surface area contributed by atoms with E-state index < -0.39 is 0 Å². The van der Waals surface area contributed by atoms with Crippen LogP contribution in [-0.2, 0) is 4.79 Å². The summed E-state index contributed by atoms with van der Waals surface area (Å²) in [7, 11) is 0. The van der Waals surface area contributed by atoms with Gasteiger partial charge in [-0.05, 0) is 44.4 Å². The number of carbonyl (C=O) groups is 1. The number of nitrogens with one attached hydrogen (secondary N) is 1. The smallest absolute Gasteiger partial charge is 0.224 e. The van der Waals surface area contributed by atoms with Gasteiger partial charge in [0.15, 0.2) is 0 Å². The fourth-order valence-electron chi connectivity index (χ4n) is 1.52. The first-order chi connectivity index (χ1) is 7.99. The van der Waals surface area contributed by atoms with Crippen molar-refractivity contribution in [2.75, 3.05) is 5.32 Å². The summed E-state index contributed by atoms with van der Waals surface area (Å²) in [4.78, 5) is 11.6. The molecule has 0 radical (unpaired) electrons. The Morgan fingerprint density at radius 1 is 1.53 bits per heavy atom. The molecule has 0 fully saturated rings. The lowest BCUT2D eigenvalue weighted by Gasteiger charge is -2.08. The second-order valence-corrected chi connectivity index (χ2v) is 4.81. The highest BCUT2D eigenvalue weighted by molar-refractivity contribution is 6.33. The van der Waals surface area contributed by atoms with Crippen LogP contribution in [-0.4, -0.2) is 11.9 Å². The largest absolute Gasteiger partial charge is 0.328 e. The van der Waals surface area contributed by atoms with Crippen LogP contribution < -0.4 is 11.1 Å². The number of aryl methyl sites for hydroxylation is 1. The van der Waals surface area contributed by atoms with Gasteiger partial charge in [-0.25, -0.2) is 0 Å². The number of carbonyl (C=O) groups excluding carboxylic acids is 1. The predicted octanol–water partition coefficient (Wildman–Crippen LogP) is 3.10. The third kappa shape index (κ3) is 5.20. The van der Waals surface area contributed by atoms with Crippen molar-refractivity contribution < 1.29 is 4.79 Å². The fourth-order valence-corrected chi connectivity index (χ4v) is 1.80. The lowest BCUT2D eigenvalue weighted by atomic mass is 10.1. The van der Waals surface area contributed by atoms with Crippen LogP contribution in [0.15, 0.2) is 18.2 Å². The summed E-state index contributed by atoms with van der Waals surface area (Å²) in [6.07, 6.45) is 2.13. The third-order valence-corrected chi connectivity index (χ3v) is 2.77. The van der Waals surface area contributed by atoms with Crippen molar-refractivity contribution in [3.8, 4) is 0 Å². The van der Waals surface area contributed by atoms with Gasteiger partial charge in [0.1, 0.15) is 0 Å². The second kappa shape index (κ2) is 6.62. The van der Waals surface area contributed by atoms with Crippen molar-refractivity contribution in [2.24, 2.45) is 5.73 Å². The lowest BCUT2D eigenvalue weighted by Crippen LogP contribution is -2.16. The van der Waals surface area contributed by atoms with Crippen molar-refractivity contribution in [3.63, 3.8) is 0 Å². The molecule has 0 bridgehead atoms. The molecule has 3 N–H and O–H groups in total. The Balaban J connectivity index is 2.45. The quantitative estimate of drug-likeness (QED) is 0.848. The van der Waals surface area contributed by atoms with Gasteiger partial charge < -0.3 is 11.1 Å². The summed E-state index contributed by atoms with van der Waals surface area (Å²) in [6, 6.07) is 5.72. The molecular formula is C13H19ClN2O. The molecule has 17 heavy (non-hydrogen) atoms. The van der Waals surface area contributed by atoms with E-state index in [2.05, 4.69) is 5.32 Å². The van der Waals surface area contributed by atoms with Gasteiger partial charge >= 0.3 is 0 Å². The first-order valence-corrected chi connectivity index (χ1v) is 6.18. The molecule has 94 valence electrons. The molecule has 1 unspecified atom stereocenters. The molecule has 3 nitrogen and oxygen atoms in total. The average Bonchev–Trinajstić information content (AvgIpc) is 2.21. The maximum absolute atomic E-state index is 11.6. The first kappa shape index (κ1) is 14.0. The summed E-state index contributed by atoms with van der Waals surface area (Å²) in [6.45, 7) is 3.90. The Kier molecular flexibility index (Phi) is 5.45. The molecule has 1 aromatic carbocycles. The maximum atomic E-state index is 11.6. The number of nitrogens with two attached hydrogens (primary N) is 1. The third-order valence-electron chi connectivity index (χ3n) is 2.46. The summed E-state index contributed by atoms with van der Waals surface area (Å²) in [5.74, 6) is -0.0172. The van der Waals surface area contributed by atoms with Crippen LogP contribution in [0.3, 0.4) is 0 Å². The monoisotopic (exact) mass is 254 g/mol. The van der Waals surface area contributed by atoms with E-state index >= 15 is 0 Å². The Hall–Kier alpha value is -1.06. The molecule has 0 aromatic heterocycles. The van der Waals surface area contributed by atoms with E-state index in [9.17, 15) is 4.79 Å². The predicted molar refractivity (Wildman–Crippen MR) is 72.3 cm³/mol. The van der Waals surface area contributed by atoms with Crippen LogP contribution in [0.2, 0.25) is 5.02 Å². The van der Waals surface area contributed by atoms with E-state index in [1.165, 1.54) is 0 Å². The first-order valence-electron chi connectivity index (χ1n) is 5.80. The second-order valence-electron chi connectivity index (χ2n) is 4.40. The maximum Gasteiger partial charge on any atom is 0.224 e.